The second-order valence-electron chi connectivity index (χ2n) is 4.91. The first-order valence-corrected chi connectivity index (χ1v) is 5.62. The third-order valence-corrected chi connectivity index (χ3v) is 2.12. The number of halogens is 2. The summed E-state index contributed by atoms with van der Waals surface area (Å²) in [4.78, 5) is 11.4. The number of amides is 1. The van der Waals surface area contributed by atoms with E-state index in [1.165, 1.54) is 0 Å². The van der Waals surface area contributed by atoms with Crippen molar-refractivity contribution in [1.82, 2.24) is 5.32 Å². The predicted octanol–water partition coefficient (Wildman–Crippen LogP) is 2.40. The number of carbonyl (C=O) groups is 1. The summed E-state index contributed by atoms with van der Waals surface area (Å²) in [6.45, 7) is 5.31. The van der Waals surface area contributed by atoms with Crippen LogP contribution in [-0.2, 0) is 16.1 Å². The van der Waals surface area contributed by atoms with E-state index in [2.05, 4.69) is 5.32 Å². The zero-order valence-corrected chi connectivity index (χ0v) is 10.7. The van der Waals surface area contributed by atoms with Crippen LogP contribution in [0.25, 0.3) is 0 Å². The van der Waals surface area contributed by atoms with Crippen molar-refractivity contribution in [1.29, 1.82) is 0 Å². The summed E-state index contributed by atoms with van der Waals surface area (Å²) in [6.07, 6.45) is 0. The van der Waals surface area contributed by atoms with E-state index in [4.69, 9.17) is 4.74 Å². The summed E-state index contributed by atoms with van der Waals surface area (Å²) in [5, 5.41) is 2.47. The molecule has 1 N–H and O–H groups in total. The molecule has 0 fully saturated rings. The van der Waals surface area contributed by atoms with Crippen molar-refractivity contribution in [3.8, 4) is 0 Å². The molecule has 100 valence electrons. The molecule has 0 spiro atoms. The third-order valence-electron chi connectivity index (χ3n) is 2.12. The lowest BCUT2D eigenvalue weighted by atomic mass is 10.2. The predicted molar refractivity (Wildman–Crippen MR) is 63.9 cm³/mol. The van der Waals surface area contributed by atoms with Crippen molar-refractivity contribution in [2.45, 2.75) is 32.9 Å². The number of benzene rings is 1. The first-order chi connectivity index (χ1) is 8.28. The van der Waals surface area contributed by atoms with Crippen molar-refractivity contribution in [3.05, 3.63) is 35.4 Å². The molecule has 1 amide bonds. The van der Waals surface area contributed by atoms with Gasteiger partial charge in [-0.1, -0.05) is 0 Å². The fourth-order valence-corrected chi connectivity index (χ4v) is 1.21. The Morgan fingerprint density at radius 2 is 2.00 bits per heavy atom. The van der Waals surface area contributed by atoms with Gasteiger partial charge in [0.1, 0.15) is 18.2 Å². The van der Waals surface area contributed by atoms with E-state index in [1.54, 1.807) is 0 Å². The summed E-state index contributed by atoms with van der Waals surface area (Å²) in [5.74, 6) is -1.45. The van der Waals surface area contributed by atoms with E-state index in [1.807, 2.05) is 20.8 Å². The Hall–Kier alpha value is -1.49. The normalized spacial score (nSPS) is 11.4. The Bertz CT molecular complexity index is 427. The van der Waals surface area contributed by atoms with Crippen LogP contribution < -0.4 is 5.32 Å². The molecule has 0 aliphatic rings. The molecule has 0 aliphatic heterocycles. The smallest absolute Gasteiger partial charge is 0.246 e. The van der Waals surface area contributed by atoms with Gasteiger partial charge < -0.3 is 10.1 Å². The fourth-order valence-electron chi connectivity index (χ4n) is 1.21. The van der Waals surface area contributed by atoms with E-state index >= 15 is 0 Å². The third kappa shape index (κ3) is 5.23. The van der Waals surface area contributed by atoms with Crippen LogP contribution in [0.1, 0.15) is 26.3 Å². The fraction of sp³-hybridized carbons (Fsp3) is 0.462. The molecule has 0 atom stereocenters. The molecule has 1 aromatic rings. The minimum absolute atomic E-state index is 0.0596. The lowest BCUT2D eigenvalue weighted by molar-refractivity contribution is -0.130. The van der Waals surface area contributed by atoms with E-state index < -0.39 is 17.2 Å². The molecule has 0 radical (unpaired) electrons. The molecular weight excluding hydrogens is 240 g/mol. The Labute approximate surface area is 105 Å². The number of hydrogen-bond acceptors (Lipinski definition) is 2. The Morgan fingerprint density at radius 1 is 1.33 bits per heavy atom. The van der Waals surface area contributed by atoms with Crippen LogP contribution >= 0.6 is 0 Å². The molecule has 3 nitrogen and oxygen atoms in total. The molecule has 0 bridgehead atoms. The Kier molecular flexibility index (Phi) is 4.78. The van der Waals surface area contributed by atoms with Crippen LogP contribution in [0.3, 0.4) is 0 Å². The summed E-state index contributed by atoms with van der Waals surface area (Å²) >= 11 is 0. The van der Waals surface area contributed by atoms with Crippen molar-refractivity contribution in [2.75, 3.05) is 6.61 Å². The molecular formula is C13H17F2NO2. The largest absolute Gasteiger partial charge is 0.366 e. The van der Waals surface area contributed by atoms with Crippen molar-refractivity contribution < 1.29 is 18.3 Å². The average molecular weight is 257 g/mol. The van der Waals surface area contributed by atoms with Crippen molar-refractivity contribution in [3.63, 3.8) is 0 Å². The minimum Gasteiger partial charge on any atom is -0.366 e. The monoisotopic (exact) mass is 257 g/mol. The van der Waals surface area contributed by atoms with Crippen LogP contribution in [0.15, 0.2) is 18.2 Å². The number of carbonyl (C=O) groups excluding carboxylic acids is 1. The standard InChI is InChI=1S/C13H17F2NO2/c1-13(2,3)18-8-12(17)16-7-9-6-10(14)4-5-11(9)15/h4-6H,7-8H2,1-3H3,(H,16,17). The molecule has 18 heavy (non-hydrogen) atoms. The van der Waals surface area contributed by atoms with Crippen molar-refractivity contribution >= 4 is 5.91 Å². The first-order valence-electron chi connectivity index (χ1n) is 5.62. The van der Waals surface area contributed by atoms with Gasteiger partial charge in [-0.25, -0.2) is 8.78 Å². The molecule has 5 heteroatoms. The highest BCUT2D eigenvalue weighted by molar-refractivity contribution is 5.77. The van der Waals surface area contributed by atoms with E-state index in [-0.39, 0.29) is 24.6 Å². The maximum absolute atomic E-state index is 13.2. The first kappa shape index (κ1) is 14.6. The molecule has 0 saturated carbocycles. The van der Waals surface area contributed by atoms with Gasteiger partial charge in [0, 0.05) is 12.1 Å². The van der Waals surface area contributed by atoms with Gasteiger partial charge >= 0.3 is 0 Å². The molecule has 1 rings (SSSR count). The van der Waals surface area contributed by atoms with Gasteiger partial charge in [0.15, 0.2) is 0 Å². The number of nitrogens with one attached hydrogen (secondary N) is 1. The quantitative estimate of drug-likeness (QED) is 0.899. The van der Waals surface area contributed by atoms with E-state index in [0.29, 0.717) is 0 Å². The molecule has 0 heterocycles. The zero-order chi connectivity index (χ0) is 13.8. The summed E-state index contributed by atoms with van der Waals surface area (Å²) in [5.41, 5.74) is -0.305. The molecule has 0 saturated heterocycles. The van der Waals surface area contributed by atoms with Gasteiger partial charge in [-0.3, -0.25) is 4.79 Å². The highest BCUT2D eigenvalue weighted by atomic mass is 19.1. The highest BCUT2D eigenvalue weighted by Crippen LogP contribution is 2.09. The summed E-state index contributed by atoms with van der Waals surface area (Å²) in [7, 11) is 0. The maximum Gasteiger partial charge on any atom is 0.246 e. The zero-order valence-electron chi connectivity index (χ0n) is 10.7. The van der Waals surface area contributed by atoms with Crippen LogP contribution in [0.4, 0.5) is 8.78 Å². The average Bonchev–Trinajstić information content (AvgIpc) is 2.26. The Balaban J connectivity index is 2.45. The lowest BCUT2D eigenvalue weighted by Gasteiger charge is -2.19. The second-order valence-corrected chi connectivity index (χ2v) is 4.91. The van der Waals surface area contributed by atoms with Crippen LogP contribution in [0.5, 0.6) is 0 Å². The SMILES string of the molecule is CC(C)(C)OCC(=O)NCc1cc(F)ccc1F. The lowest BCUT2D eigenvalue weighted by Crippen LogP contribution is -2.31. The van der Waals surface area contributed by atoms with Gasteiger partial charge in [0.2, 0.25) is 5.91 Å². The molecule has 1 aromatic carbocycles. The second kappa shape index (κ2) is 5.91. The molecule has 0 aliphatic carbocycles. The van der Waals surface area contributed by atoms with Crippen LogP contribution in [0.2, 0.25) is 0 Å². The summed E-state index contributed by atoms with van der Waals surface area (Å²) < 4.78 is 31.4. The van der Waals surface area contributed by atoms with Gasteiger partial charge in [0.25, 0.3) is 0 Å². The van der Waals surface area contributed by atoms with E-state index in [9.17, 15) is 13.6 Å². The number of hydrogen-bond donors (Lipinski definition) is 1. The van der Waals surface area contributed by atoms with Crippen LogP contribution in [0, 0.1) is 11.6 Å². The molecule has 0 unspecified atom stereocenters. The maximum atomic E-state index is 13.2. The summed E-state index contributed by atoms with van der Waals surface area (Å²) in [6, 6.07) is 3.12. The van der Waals surface area contributed by atoms with Gasteiger partial charge in [-0.05, 0) is 39.0 Å². The highest BCUT2D eigenvalue weighted by Gasteiger charge is 2.13. The number of rotatable bonds is 4. The van der Waals surface area contributed by atoms with Crippen molar-refractivity contribution in [2.24, 2.45) is 0 Å². The van der Waals surface area contributed by atoms with Gasteiger partial charge in [-0.2, -0.15) is 0 Å². The van der Waals surface area contributed by atoms with Crippen LogP contribution in [-0.4, -0.2) is 18.1 Å². The van der Waals surface area contributed by atoms with Gasteiger partial charge in [0.05, 0.1) is 5.60 Å². The minimum atomic E-state index is -0.548. The molecule has 0 aromatic heterocycles. The Morgan fingerprint density at radius 3 is 2.61 bits per heavy atom. The number of ether oxygens (including phenoxy) is 1. The van der Waals surface area contributed by atoms with E-state index in [0.717, 1.165) is 18.2 Å². The topological polar surface area (TPSA) is 38.3 Å². The van der Waals surface area contributed by atoms with Gasteiger partial charge in [-0.15, -0.1) is 0 Å².